The number of hydrogen-bond donors (Lipinski definition) is 0. The third-order valence-electron chi connectivity index (χ3n) is 2.40. The first-order valence-electron chi connectivity index (χ1n) is 4.57. The number of nitrogens with zero attached hydrogens (tertiary/aromatic N) is 1. The van der Waals surface area contributed by atoms with Crippen molar-refractivity contribution in [2.45, 2.75) is 6.18 Å². The molecule has 0 saturated carbocycles. The van der Waals surface area contributed by atoms with Crippen LogP contribution in [-0.2, 0) is 7.05 Å². The second-order valence-electron chi connectivity index (χ2n) is 3.50. The summed E-state index contributed by atoms with van der Waals surface area (Å²) >= 11 is 0. The van der Waals surface area contributed by atoms with Gasteiger partial charge in [-0.3, -0.25) is 4.79 Å². The Balaban J connectivity index is 2.69. The largest absolute Gasteiger partial charge is 0.454 e. The molecule has 0 radical (unpaired) electrons. The van der Waals surface area contributed by atoms with Crippen molar-refractivity contribution in [3.63, 3.8) is 0 Å². The fourth-order valence-electron chi connectivity index (χ4n) is 1.69. The van der Waals surface area contributed by atoms with Crippen LogP contribution in [0.5, 0.6) is 0 Å². The maximum absolute atomic E-state index is 12.3. The predicted octanol–water partition coefficient (Wildman–Crippen LogP) is 2.92. The van der Waals surface area contributed by atoms with E-state index >= 15 is 0 Å². The van der Waals surface area contributed by atoms with Gasteiger partial charge in [0.05, 0.1) is 11.1 Å². The molecule has 0 spiro atoms. The molecule has 1 aromatic carbocycles. The summed E-state index contributed by atoms with van der Waals surface area (Å²) in [6.07, 6.45) is -3.21. The number of Topliss-reactive ketones (excluding diaryl/α,β-unsaturated/α-hetero) is 1. The molecule has 0 aliphatic carbocycles. The van der Waals surface area contributed by atoms with Crippen LogP contribution in [-0.4, -0.2) is 16.5 Å². The molecule has 2 nitrogen and oxygen atoms in total. The van der Waals surface area contributed by atoms with E-state index in [0.29, 0.717) is 10.9 Å². The highest BCUT2D eigenvalue weighted by molar-refractivity contribution is 6.09. The summed E-state index contributed by atoms with van der Waals surface area (Å²) in [4.78, 5) is 11.2. The highest BCUT2D eigenvalue weighted by atomic mass is 19.4. The fraction of sp³-hybridized carbons (Fsp3) is 0.182. The van der Waals surface area contributed by atoms with Crippen molar-refractivity contribution < 1.29 is 18.0 Å². The van der Waals surface area contributed by atoms with E-state index in [1.807, 2.05) is 0 Å². The molecular weight excluding hydrogens is 219 g/mol. The first kappa shape index (κ1) is 10.7. The number of hydrogen-bond acceptors (Lipinski definition) is 1. The molecule has 0 atom stereocenters. The number of aryl methyl sites for hydroxylation is 1. The molecule has 0 bridgehead atoms. The standard InChI is InChI=1S/C11H8F3NO/c1-15-6-5-7-3-2-4-8(9(7)15)10(16)11(12,13)14/h2-6H,1H3. The number of fused-ring (bicyclic) bond motifs is 1. The van der Waals surface area contributed by atoms with E-state index in [-0.39, 0.29) is 5.56 Å². The molecule has 0 N–H and O–H groups in total. The second kappa shape index (κ2) is 3.37. The van der Waals surface area contributed by atoms with Crippen LogP contribution in [0.25, 0.3) is 10.9 Å². The van der Waals surface area contributed by atoms with E-state index in [2.05, 4.69) is 0 Å². The predicted molar refractivity (Wildman–Crippen MR) is 53.3 cm³/mol. The summed E-state index contributed by atoms with van der Waals surface area (Å²) in [6.45, 7) is 0. The highest BCUT2D eigenvalue weighted by Crippen LogP contribution is 2.27. The van der Waals surface area contributed by atoms with Gasteiger partial charge in [0.1, 0.15) is 0 Å². The molecule has 0 aliphatic rings. The first-order valence-corrected chi connectivity index (χ1v) is 4.57. The Morgan fingerprint density at radius 2 is 1.94 bits per heavy atom. The number of aromatic nitrogens is 1. The summed E-state index contributed by atoms with van der Waals surface area (Å²) in [5.41, 5.74) is 0.00215. The smallest absolute Gasteiger partial charge is 0.350 e. The Kier molecular flexibility index (Phi) is 2.26. The summed E-state index contributed by atoms with van der Waals surface area (Å²) in [7, 11) is 1.61. The maximum Gasteiger partial charge on any atom is 0.454 e. The summed E-state index contributed by atoms with van der Waals surface area (Å²) in [6, 6.07) is 5.98. The molecule has 0 saturated heterocycles. The van der Waals surface area contributed by atoms with Crippen LogP contribution in [0, 0.1) is 0 Å². The third kappa shape index (κ3) is 1.58. The van der Waals surface area contributed by atoms with Crippen molar-refractivity contribution in [2.24, 2.45) is 7.05 Å². The van der Waals surface area contributed by atoms with E-state index < -0.39 is 12.0 Å². The molecule has 1 heterocycles. The molecule has 5 heteroatoms. The van der Waals surface area contributed by atoms with Crippen LogP contribution in [0.1, 0.15) is 10.4 Å². The Hall–Kier alpha value is -1.78. The Labute approximate surface area is 89.3 Å². The average molecular weight is 227 g/mol. The number of carbonyl (C=O) groups excluding carboxylic acids is 1. The van der Waals surface area contributed by atoms with E-state index in [1.165, 1.54) is 16.7 Å². The van der Waals surface area contributed by atoms with Gasteiger partial charge in [0, 0.05) is 18.6 Å². The van der Waals surface area contributed by atoms with Crippen LogP contribution < -0.4 is 0 Å². The Morgan fingerprint density at radius 3 is 2.56 bits per heavy atom. The van der Waals surface area contributed by atoms with E-state index in [4.69, 9.17) is 0 Å². The monoisotopic (exact) mass is 227 g/mol. The van der Waals surface area contributed by atoms with Crippen molar-refractivity contribution >= 4 is 16.7 Å². The van der Waals surface area contributed by atoms with Gasteiger partial charge in [-0.15, -0.1) is 0 Å². The number of carbonyl (C=O) groups is 1. The van der Waals surface area contributed by atoms with Gasteiger partial charge in [0.25, 0.3) is 5.78 Å². The van der Waals surface area contributed by atoms with Gasteiger partial charge < -0.3 is 4.57 Å². The molecule has 0 unspecified atom stereocenters. The van der Waals surface area contributed by atoms with Crippen molar-refractivity contribution in [1.82, 2.24) is 4.57 Å². The minimum atomic E-state index is -4.83. The van der Waals surface area contributed by atoms with Gasteiger partial charge >= 0.3 is 6.18 Å². The first-order chi connectivity index (χ1) is 7.41. The molecule has 1 aromatic heterocycles. The molecule has 16 heavy (non-hydrogen) atoms. The lowest BCUT2D eigenvalue weighted by atomic mass is 10.1. The molecule has 2 aromatic rings. The quantitative estimate of drug-likeness (QED) is 0.686. The zero-order valence-corrected chi connectivity index (χ0v) is 8.38. The molecule has 84 valence electrons. The number of benzene rings is 1. The minimum Gasteiger partial charge on any atom is -0.350 e. The number of halogens is 3. The number of para-hydroxylation sites is 1. The zero-order valence-electron chi connectivity index (χ0n) is 8.38. The van der Waals surface area contributed by atoms with E-state index in [9.17, 15) is 18.0 Å². The van der Waals surface area contributed by atoms with Crippen LogP contribution in [0.2, 0.25) is 0 Å². The van der Waals surface area contributed by atoms with Crippen LogP contribution in [0.15, 0.2) is 30.5 Å². The van der Waals surface area contributed by atoms with Gasteiger partial charge in [-0.25, -0.2) is 0 Å². The topological polar surface area (TPSA) is 22.0 Å². The van der Waals surface area contributed by atoms with Crippen molar-refractivity contribution in [1.29, 1.82) is 0 Å². The molecule has 0 amide bonds. The number of alkyl halides is 3. The summed E-state index contributed by atoms with van der Waals surface area (Å²) in [5.74, 6) is -1.81. The van der Waals surface area contributed by atoms with Crippen molar-refractivity contribution in [2.75, 3.05) is 0 Å². The van der Waals surface area contributed by atoms with Crippen molar-refractivity contribution in [3.05, 3.63) is 36.0 Å². The van der Waals surface area contributed by atoms with Crippen LogP contribution in [0.4, 0.5) is 13.2 Å². The van der Waals surface area contributed by atoms with Gasteiger partial charge in [0.15, 0.2) is 0 Å². The van der Waals surface area contributed by atoms with Gasteiger partial charge in [-0.1, -0.05) is 12.1 Å². The zero-order chi connectivity index (χ0) is 11.9. The maximum atomic E-state index is 12.3. The average Bonchev–Trinajstić information content (AvgIpc) is 2.58. The fourth-order valence-corrected chi connectivity index (χ4v) is 1.69. The minimum absolute atomic E-state index is 0.308. The molecule has 2 rings (SSSR count). The van der Waals surface area contributed by atoms with E-state index in [1.54, 1.807) is 25.4 Å². The third-order valence-corrected chi connectivity index (χ3v) is 2.40. The lowest BCUT2D eigenvalue weighted by Gasteiger charge is -2.07. The van der Waals surface area contributed by atoms with Crippen molar-refractivity contribution in [3.8, 4) is 0 Å². The van der Waals surface area contributed by atoms with Gasteiger partial charge in [-0.2, -0.15) is 13.2 Å². The van der Waals surface area contributed by atoms with Crippen LogP contribution >= 0.6 is 0 Å². The summed E-state index contributed by atoms with van der Waals surface area (Å²) in [5, 5.41) is 0.623. The van der Waals surface area contributed by atoms with E-state index in [0.717, 1.165) is 0 Å². The molecule has 0 aliphatic heterocycles. The lowest BCUT2D eigenvalue weighted by molar-refractivity contribution is -0.0884. The van der Waals surface area contributed by atoms with Gasteiger partial charge in [0.2, 0.25) is 0 Å². The van der Waals surface area contributed by atoms with Gasteiger partial charge in [-0.05, 0) is 12.1 Å². The SMILES string of the molecule is Cn1ccc2cccc(C(=O)C(F)(F)F)c21. The Morgan fingerprint density at radius 1 is 1.25 bits per heavy atom. The molecular formula is C11H8F3NO. The summed E-state index contributed by atoms with van der Waals surface area (Å²) < 4.78 is 38.5. The molecule has 0 fully saturated rings. The number of ketones is 1. The lowest BCUT2D eigenvalue weighted by Crippen LogP contribution is -2.23. The normalized spacial score (nSPS) is 12.0. The van der Waals surface area contributed by atoms with Crippen LogP contribution in [0.3, 0.4) is 0 Å². The highest BCUT2D eigenvalue weighted by Gasteiger charge is 2.40. The Bertz CT molecular complexity index is 554. The second-order valence-corrected chi connectivity index (χ2v) is 3.50. The number of rotatable bonds is 1.